The van der Waals surface area contributed by atoms with Crippen molar-refractivity contribution in [3.05, 3.63) is 53.6 Å². The maximum atomic E-state index is 13.1. The smallest absolute Gasteiger partial charge is 0.417 e. The summed E-state index contributed by atoms with van der Waals surface area (Å²) < 4.78 is 50.1. The van der Waals surface area contributed by atoms with Gasteiger partial charge in [-0.1, -0.05) is 0 Å². The van der Waals surface area contributed by atoms with Crippen LogP contribution in [-0.4, -0.2) is 16.0 Å². The van der Waals surface area contributed by atoms with Gasteiger partial charge in [0.25, 0.3) is 5.91 Å². The third-order valence-corrected chi connectivity index (χ3v) is 2.53. The number of nitrogens with zero attached hydrogens (tertiary/aromatic N) is 1. The minimum atomic E-state index is -4.54. The van der Waals surface area contributed by atoms with Crippen molar-refractivity contribution in [3.8, 4) is 5.75 Å². The number of carbonyl (C=O) groups excluding carboxylic acids is 1. The largest absolute Gasteiger partial charge is 0.505 e. The van der Waals surface area contributed by atoms with Gasteiger partial charge in [-0.3, -0.25) is 9.78 Å². The number of phenols is 1. The molecule has 2 N–H and O–H groups in total. The molecule has 21 heavy (non-hydrogen) atoms. The highest BCUT2D eigenvalue weighted by Crippen LogP contribution is 2.28. The van der Waals surface area contributed by atoms with Gasteiger partial charge in [-0.05, 0) is 24.3 Å². The second-order valence-corrected chi connectivity index (χ2v) is 4.05. The number of halogens is 4. The van der Waals surface area contributed by atoms with Gasteiger partial charge in [-0.15, -0.1) is 0 Å². The standard InChI is InChI=1S/C13H8F4N2O2/c14-9-5-8(2-4-11(9)20)19-12(21)10-3-1-7(6-18-10)13(15,16)17/h1-6,20H,(H,19,21). The van der Waals surface area contributed by atoms with Crippen molar-refractivity contribution >= 4 is 11.6 Å². The van der Waals surface area contributed by atoms with Crippen LogP contribution in [0, 0.1) is 5.82 Å². The number of nitrogens with one attached hydrogen (secondary N) is 1. The summed E-state index contributed by atoms with van der Waals surface area (Å²) in [4.78, 5) is 15.1. The summed E-state index contributed by atoms with van der Waals surface area (Å²) in [6, 6.07) is 4.77. The van der Waals surface area contributed by atoms with E-state index < -0.39 is 29.2 Å². The van der Waals surface area contributed by atoms with Gasteiger partial charge in [0, 0.05) is 18.0 Å². The lowest BCUT2D eigenvalue weighted by molar-refractivity contribution is -0.137. The highest BCUT2D eigenvalue weighted by Gasteiger charge is 2.30. The van der Waals surface area contributed by atoms with E-state index in [0.717, 1.165) is 24.3 Å². The fourth-order valence-electron chi connectivity index (χ4n) is 1.48. The molecule has 1 heterocycles. The molecule has 0 atom stereocenters. The Labute approximate surface area is 116 Å². The molecule has 1 aromatic heterocycles. The van der Waals surface area contributed by atoms with Crippen LogP contribution in [0.15, 0.2) is 36.5 Å². The zero-order valence-electron chi connectivity index (χ0n) is 10.3. The highest BCUT2D eigenvalue weighted by molar-refractivity contribution is 6.02. The molecule has 110 valence electrons. The van der Waals surface area contributed by atoms with Crippen molar-refractivity contribution in [3.63, 3.8) is 0 Å². The van der Waals surface area contributed by atoms with Gasteiger partial charge in [0.15, 0.2) is 11.6 Å². The molecule has 0 aliphatic carbocycles. The summed E-state index contributed by atoms with van der Waals surface area (Å²) in [6.07, 6.45) is -4.01. The normalized spacial score (nSPS) is 11.2. The maximum absolute atomic E-state index is 13.1. The third kappa shape index (κ3) is 3.47. The van der Waals surface area contributed by atoms with Crippen molar-refractivity contribution in [1.82, 2.24) is 4.98 Å². The van der Waals surface area contributed by atoms with E-state index in [4.69, 9.17) is 5.11 Å². The van der Waals surface area contributed by atoms with E-state index in [1.807, 2.05) is 0 Å². The zero-order valence-corrected chi connectivity index (χ0v) is 10.3. The van der Waals surface area contributed by atoms with E-state index in [1.54, 1.807) is 0 Å². The van der Waals surface area contributed by atoms with Gasteiger partial charge in [-0.2, -0.15) is 13.2 Å². The average Bonchev–Trinajstić information content (AvgIpc) is 2.42. The van der Waals surface area contributed by atoms with E-state index in [2.05, 4.69) is 10.3 Å². The number of hydrogen-bond donors (Lipinski definition) is 2. The minimum absolute atomic E-state index is 0.0389. The summed E-state index contributed by atoms with van der Waals surface area (Å²) in [5.74, 6) is -2.32. The van der Waals surface area contributed by atoms with Gasteiger partial charge >= 0.3 is 6.18 Å². The zero-order chi connectivity index (χ0) is 15.6. The van der Waals surface area contributed by atoms with E-state index in [-0.39, 0.29) is 11.4 Å². The first-order chi connectivity index (χ1) is 9.77. The number of aromatic hydroxyl groups is 1. The third-order valence-electron chi connectivity index (χ3n) is 2.53. The molecule has 4 nitrogen and oxygen atoms in total. The van der Waals surface area contributed by atoms with Crippen molar-refractivity contribution in [2.24, 2.45) is 0 Å². The number of anilines is 1. The first-order valence-electron chi connectivity index (χ1n) is 5.60. The molecular formula is C13H8F4N2O2. The van der Waals surface area contributed by atoms with Crippen LogP contribution in [0.4, 0.5) is 23.2 Å². The number of alkyl halides is 3. The number of aromatic nitrogens is 1. The molecule has 0 saturated carbocycles. The molecule has 0 saturated heterocycles. The lowest BCUT2D eigenvalue weighted by Crippen LogP contribution is -2.15. The van der Waals surface area contributed by atoms with Crippen molar-refractivity contribution in [1.29, 1.82) is 0 Å². The molecule has 0 radical (unpaired) electrons. The lowest BCUT2D eigenvalue weighted by Gasteiger charge is -2.08. The molecule has 0 aliphatic rings. The molecule has 0 aliphatic heterocycles. The van der Waals surface area contributed by atoms with Crippen molar-refractivity contribution < 1.29 is 27.5 Å². The molecule has 2 aromatic rings. The molecule has 0 bridgehead atoms. The van der Waals surface area contributed by atoms with Crippen LogP contribution in [0.3, 0.4) is 0 Å². The van der Waals surface area contributed by atoms with Crippen LogP contribution in [0.5, 0.6) is 5.75 Å². The maximum Gasteiger partial charge on any atom is 0.417 e. The summed E-state index contributed by atoms with van der Waals surface area (Å²) in [5.41, 5.74) is -1.19. The summed E-state index contributed by atoms with van der Waals surface area (Å²) in [6.45, 7) is 0. The fraction of sp³-hybridized carbons (Fsp3) is 0.0769. The predicted octanol–water partition coefficient (Wildman–Crippen LogP) is 3.20. The van der Waals surface area contributed by atoms with Crippen LogP contribution in [0.2, 0.25) is 0 Å². The number of amides is 1. The first-order valence-corrected chi connectivity index (χ1v) is 5.60. The SMILES string of the molecule is O=C(Nc1ccc(O)c(F)c1)c1ccc(C(F)(F)F)cn1. The Hall–Kier alpha value is -2.64. The van der Waals surface area contributed by atoms with Crippen molar-refractivity contribution in [2.75, 3.05) is 5.32 Å². The number of carbonyl (C=O) groups is 1. The van der Waals surface area contributed by atoms with Crippen LogP contribution in [-0.2, 0) is 6.18 Å². The van der Waals surface area contributed by atoms with Crippen LogP contribution in [0.1, 0.15) is 16.1 Å². The summed E-state index contributed by atoms with van der Waals surface area (Å²) >= 11 is 0. The minimum Gasteiger partial charge on any atom is -0.505 e. The van der Waals surface area contributed by atoms with Crippen LogP contribution >= 0.6 is 0 Å². The van der Waals surface area contributed by atoms with Crippen molar-refractivity contribution in [2.45, 2.75) is 6.18 Å². The van der Waals surface area contributed by atoms with E-state index in [1.165, 1.54) is 6.07 Å². The molecule has 1 aromatic carbocycles. The van der Waals surface area contributed by atoms with E-state index in [9.17, 15) is 22.4 Å². The van der Waals surface area contributed by atoms with Gasteiger partial charge in [0.05, 0.1) is 5.56 Å². The Morgan fingerprint density at radius 1 is 1.19 bits per heavy atom. The summed E-state index contributed by atoms with van der Waals surface area (Å²) in [7, 11) is 0. The molecule has 0 spiro atoms. The predicted molar refractivity (Wildman–Crippen MR) is 65.3 cm³/mol. The summed E-state index contributed by atoms with van der Waals surface area (Å²) in [5, 5.41) is 11.2. The monoisotopic (exact) mass is 300 g/mol. The number of phenolic OH excluding ortho intramolecular Hbond substituents is 1. The Bertz CT molecular complexity index is 669. The molecule has 2 rings (SSSR count). The van der Waals surface area contributed by atoms with E-state index in [0.29, 0.717) is 6.20 Å². The van der Waals surface area contributed by atoms with Gasteiger partial charge in [-0.25, -0.2) is 4.39 Å². The Balaban J connectivity index is 2.15. The second-order valence-electron chi connectivity index (χ2n) is 4.05. The van der Waals surface area contributed by atoms with Crippen LogP contribution in [0.25, 0.3) is 0 Å². The van der Waals surface area contributed by atoms with Gasteiger partial charge in [0.2, 0.25) is 0 Å². The molecular weight excluding hydrogens is 292 g/mol. The Morgan fingerprint density at radius 3 is 2.43 bits per heavy atom. The Kier molecular flexibility index (Phi) is 3.79. The molecule has 1 amide bonds. The lowest BCUT2D eigenvalue weighted by atomic mass is 10.2. The molecule has 0 fully saturated rings. The van der Waals surface area contributed by atoms with Gasteiger partial charge < -0.3 is 10.4 Å². The van der Waals surface area contributed by atoms with E-state index >= 15 is 0 Å². The highest BCUT2D eigenvalue weighted by atomic mass is 19.4. The topological polar surface area (TPSA) is 62.2 Å². The molecule has 8 heteroatoms. The fourth-order valence-corrected chi connectivity index (χ4v) is 1.48. The number of rotatable bonds is 2. The number of benzene rings is 1. The van der Waals surface area contributed by atoms with Gasteiger partial charge in [0.1, 0.15) is 5.69 Å². The average molecular weight is 300 g/mol. The Morgan fingerprint density at radius 2 is 1.90 bits per heavy atom. The van der Waals surface area contributed by atoms with Crippen LogP contribution < -0.4 is 5.32 Å². The second kappa shape index (κ2) is 5.39. The number of pyridine rings is 1. The molecule has 0 unspecified atom stereocenters. The first kappa shape index (κ1) is 14.8. The quantitative estimate of drug-likeness (QED) is 0.661. The number of hydrogen-bond acceptors (Lipinski definition) is 3.